The van der Waals surface area contributed by atoms with Gasteiger partial charge in [0.05, 0.1) is 13.0 Å². The molecule has 3 rings (SSSR count). The van der Waals surface area contributed by atoms with Crippen LogP contribution in [0.5, 0.6) is 0 Å². The summed E-state index contributed by atoms with van der Waals surface area (Å²) in [7, 11) is 0. The molecule has 0 radical (unpaired) electrons. The molecule has 3 aromatic rings. The van der Waals surface area contributed by atoms with Gasteiger partial charge in [-0.25, -0.2) is 0 Å². The minimum Gasteiger partial charge on any atom is -0.333 e. The van der Waals surface area contributed by atoms with E-state index in [0.717, 1.165) is 10.8 Å². The van der Waals surface area contributed by atoms with Gasteiger partial charge in [0.25, 0.3) is 0 Å². The van der Waals surface area contributed by atoms with Crippen molar-refractivity contribution in [2.75, 3.05) is 0 Å². The van der Waals surface area contributed by atoms with Crippen molar-refractivity contribution in [3.8, 4) is 0 Å². The maximum atomic E-state index is 13.5. The molecule has 0 aliphatic heterocycles. The van der Waals surface area contributed by atoms with Crippen LogP contribution in [0.25, 0.3) is 21.8 Å². The van der Waals surface area contributed by atoms with Crippen LogP contribution in [0.2, 0.25) is 0 Å². The maximum absolute atomic E-state index is 13.5. The molecule has 0 atom stereocenters. The summed E-state index contributed by atoms with van der Waals surface area (Å²) >= 11 is 0. The lowest BCUT2D eigenvalue weighted by atomic mass is 10.0. The molecule has 0 bridgehead atoms. The number of halogens is 7. The molecule has 2 aromatic carbocycles. The van der Waals surface area contributed by atoms with Crippen molar-refractivity contribution in [1.82, 2.24) is 4.57 Å². The van der Waals surface area contributed by atoms with E-state index in [1.54, 1.807) is 48.5 Å². The number of carbonyl (C=O) groups excluding carboxylic acids is 2. The average molecular weight is 419 g/mol. The lowest BCUT2D eigenvalue weighted by Gasteiger charge is -2.26. The Morgan fingerprint density at radius 2 is 1.21 bits per heavy atom. The van der Waals surface area contributed by atoms with Crippen molar-refractivity contribution < 1.29 is 40.3 Å². The fourth-order valence-corrected chi connectivity index (χ4v) is 3.05. The summed E-state index contributed by atoms with van der Waals surface area (Å²) < 4.78 is 90.9. The monoisotopic (exact) mass is 419 g/mol. The molecular formula is C19H12F7NO2. The molecule has 0 spiro atoms. The molecule has 3 nitrogen and oxygen atoms in total. The minimum absolute atomic E-state index is 0.516. The van der Waals surface area contributed by atoms with Crippen LogP contribution < -0.4 is 0 Å². The van der Waals surface area contributed by atoms with Gasteiger partial charge >= 0.3 is 18.0 Å². The van der Waals surface area contributed by atoms with Crippen LogP contribution in [-0.4, -0.2) is 34.2 Å². The smallest absolute Gasteiger partial charge is 0.333 e. The Balaban J connectivity index is 1.89. The second kappa shape index (κ2) is 6.85. The van der Waals surface area contributed by atoms with Crippen LogP contribution in [-0.2, 0) is 16.1 Å². The highest BCUT2D eigenvalue weighted by atomic mass is 19.4. The molecule has 0 saturated carbocycles. The minimum atomic E-state index is -6.64. The summed E-state index contributed by atoms with van der Waals surface area (Å²) in [6.45, 7) is -0.645. The SMILES string of the molecule is O=C(CC(=O)C(F)(F)C(F)(F)C(F)(F)F)Cn1c2ccccc2c2ccccc21. The fourth-order valence-electron chi connectivity index (χ4n) is 3.05. The number of rotatable bonds is 6. The Morgan fingerprint density at radius 3 is 1.66 bits per heavy atom. The second-order valence-corrected chi connectivity index (χ2v) is 6.41. The molecule has 29 heavy (non-hydrogen) atoms. The number of aromatic nitrogens is 1. The van der Waals surface area contributed by atoms with Crippen molar-refractivity contribution in [3.63, 3.8) is 0 Å². The topological polar surface area (TPSA) is 39.1 Å². The number of nitrogens with zero attached hydrogens (tertiary/aromatic N) is 1. The van der Waals surface area contributed by atoms with E-state index >= 15 is 0 Å². The van der Waals surface area contributed by atoms with Crippen molar-refractivity contribution in [2.45, 2.75) is 31.0 Å². The molecule has 1 aromatic heterocycles. The van der Waals surface area contributed by atoms with E-state index in [9.17, 15) is 40.3 Å². The number of benzene rings is 2. The molecule has 0 fully saturated rings. The number of alkyl halides is 7. The number of para-hydroxylation sites is 2. The van der Waals surface area contributed by atoms with Crippen LogP contribution >= 0.6 is 0 Å². The Kier molecular flexibility index (Phi) is 4.92. The van der Waals surface area contributed by atoms with Gasteiger partial charge in [-0.3, -0.25) is 9.59 Å². The molecule has 0 saturated heterocycles. The van der Waals surface area contributed by atoms with Crippen LogP contribution in [0.1, 0.15) is 6.42 Å². The summed E-state index contributed by atoms with van der Waals surface area (Å²) in [6.07, 6.45) is -8.40. The van der Waals surface area contributed by atoms with Crippen LogP contribution in [0.15, 0.2) is 48.5 Å². The third-order valence-electron chi connectivity index (χ3n) is 4.47. The van der Waals surface area contributed by atoms with E-state index < -0.39 is 42.6 Å². The number of carbonyl (C=O) groups is 2. The Bertz CT molecular complexity index is 1050. The van der Waals surface area contributed by atoms with Gasteiger partial charge in [0.15, 0.2) is 5.78 Å². The third-order valence-corrected chi connectivity index (χ3v) is 4.47. The molecule has 10 heteroatoms. The Morgan fingerprint density at radius 1 is 0.759 bits per heavy atom. The fraction of sp³-hybridized carbons (Fsp3) is 0.263. The largest absolute Gasteiger partial charge is 0.460 e. The Hall–Kier alpha value is -2.91. The molecule has 0 aliphatic carbocycles. The van der Waals surface area contributed by atoms with Crippen LogP contribution in [0, 0.1) is 0 Å². The normalized spacial score (nSPS) is 13.2. The van der Waals surface area contributed by atoms with Gasteiger partial charge in [0, 0.05) is 21.8 Å². The highest BCUT2D eigenvalue weighted by molar-refractivity contribution is 6.09. The number of fused-ring (bicyclic) bond motifs is 3. The van der Waals surface area contributed by atoms with Gasteiger partial charge in [0.2, 0.25) is 5.78 Å². The quantitative estimate of drug-likeness (QED) is 0.409. The second-order valence-electron chi connectivity index (χ2n) is 6.41. The van der Waals surface area contributed by atoms with E-state index in [4.69, 9.17) is 0 Å². The highest BCUT2D eigenvalue weighted by Crippen LogP contribution is 2.47. The summed E-state index contributed by atoms with van der Waals surface area (Å²) in [5.41, 5.74) is 1.03. The van der Waals surface area contributed by atoms with Gasteiger partial charge in [-0.2, -0.15) is 30.7 Å². The molecule has 1 heterocycles. The number of hydrogen-bond donors (Lipinski definition) is 0. The number of hydrogen-bond acceptors (Lipinski definition) is 2. The lowest BCUT2D eigenvalue weighted by molar-refractivity contribution is -0.343. The molecule has 0 unspecified atom stereocenters. The lowest BCUT2D eigenvalue weighted by Crippen LogP contribution is -2.56. The van der Waals surface area contributed by atoms with E-state index in [1.165, 1.54) is 4.57 Å². The number of Topliss-reactive ketones (excluding diaryl/α,β-unsaturated/α-hetero) is 2. The summed E-state index contributed by atoms with van der Waals surface area (Å²) in [5.74, 6) is -16.6. The first-order chi connectivity index (χ1) is 13.4. The van der Waals surface area contributed by atoms with Crippen molar-refractivity contribution in [3.05, 3.63) is 48.5 Å². The van der Waals surface area contributed by atoms with Gasteiger partial charge in [-0.1, -0.05) is 36.4 Å². The predicted molar refractivity (Wildman–Crippen MR) is 90.0 cm³/mol. The van der Waals surface area contributed by atoms with E-state index in [1.807, 2.05) is 0 Å². The summed E-state index contributed by atoms with van der Waals surface area (Å²) in [4.78, 5) is 23.6. The highest BCUT2D eigenvalue weighted by Gasteiger charge is 2.75. The summed E-state index contributed by atoms with van der Waals surface area (Å²) in [5, 5.41) is 1.44. The first-order valence-corrected chi connectivity index (χ1v) is 8.21. The van der Waals surface area contributed by atoms with Gasteiger partial charge in [-0.05, 0) is 12.1 Å². The Labute approximate surface area is 158 Å². The summed E-state index contributed by atoms with van der Waals surface area (Å²) in [6, 6.07) is 13.5. The zero-order valence-electron chi connectivity index (χ0n) is 14.4. The standard InChI is InChI=1S/C19H12F7NO2/c20-17(21,18(22,23)19(24,25)26)16(29)9-11(28)10-27-14-7-3-1-5-12(14)13-6-2-4-8-15(13)27/h1-8H,9-10H2. The first-order valence-electron chi connectivity index (χ1n) is 8.21. The van der Waals surface area contributed by atoms with Crippen LogP contribution in [0.3, 0.4) is 0 Å². The molecule has 0 N–H and O–H groups in total. The van der Waals surface area contributed by atoms with Crippen molar-refractivity contribution >= 4 is 33.4 Å². The van der Waals surface area contributed by atoms with E-state index in [0.29, 0.717) is 11.0 Å². The zero-order valence-corrected chi connectivity index (χ0v) is 14.4. The third kappa shape index (κ3) is 3.36. The first kappa shape index (κ1) is 20.8. The molecule has 154 valence electrons. The molecule has 0 amide bonds. The molecule has 0 aliphatic rings. The van der Waals surface area contributed by atoms with E-state index in [2.05, 4.69) is 0 Å². The maximum Gasteiger partial charge on any atom is 0.460 e. The van der Waals surface area contributed by atoms with Crippen molar-refractivity contribution in [2.24, 2.45) is 0 Å². The van der Waals surface area contributed by atoms with Crippen LogP contribution in [0.4, 0.5) is 30.7 Å². The zero-order chi connectivity index (χ0) is 21.6. The predicted octanol–water partition coefficient (Wildman–Crippen LogP) is 5.16. The van der Waals surface area contributed by atoms with E-state index in [-0.39, 0.29) is 0 Å². The van der Waals surface area contributed by atoms with Gasteiger partial charge in [0.1, 0.15) is 0 Å². The van der Waals surface area contributed by atoms with Gasteiger partial charge in [-0.15, -0.1) is 0 Å². The van der Waals surface area contributed by atoms with Gasteiger partial charge < -0.3 is 4.57 Å². The average Bonchev–Trinajstić information content (AvgIpc) is 2.95. The number of ketones is 2. The van der Waals surface area contributed by atoms with Crippen molar-refractivity contribution in [1.29, 1.82) is 0 Å². The molecular weight excluding hydrogens is 407 g/mol.